The summed E-state index contributed by atoms with van der Waals surface area (Å²) in [7, 11) is 0. The summed E-state index contributed by atoms with van der Waals surface area (Å²) in [6.45, 7) is -0.704. The highest BCUT2D eigenvalue weighted by molar-refractivity contribution is 4.97. The molecule has 0 aromatic heterocycles. The van der Waals surface area contributed by atoms with Gasteiger partial charge in [0, 0.05) is 10.8 Å². The third-order valence-corrected chi connectivity index (χ3v) is 7.65. The summed E-state index contributed by atoms with van der Waals surface area (Å²) >= 11 is 0. The Morgan fingerprint density at radius 3 is 0.655 bits per heavy atom. The minimum atomic E-state index is -0.796. The summed E-state index contributed by atoms with van der Waals surface area (Å²) < 4.78 is 0. The zero-order chi connectivity index (χ0) is 21.3. The van der Waals surface area contributed by atoms with Crippen LogP contribution in [0.5, 0.6) is 0 Å². The smallest absolute Gasteiger partial charge is 0.0516 e. The van der Waals surface area contributed by atoms with Crippen molar-refractivity contribution in [3.63, 3.8) is 0 Å². The molecule has 1 aliphatic carbocycles. The van der Waals surface area contributed by atoms with E-state index in [4.69, 9.17) is 0 Å². The molecule has 0 aromatic rings. The van der Waals surface area contributed by atoms with Crippen molar-refractivity contribution in [2.45, 2.75) is 122 Å². The number of aliphatic hydroxyl groups excluding tert-OH is 4. The highest BCUT2D eigenvalue weighted by Gasteiger charge is 2.49. The van der Waals surface area contributed by atoms with E-state index in [1.165, 1.54) is 83.5 Å². The first-order chi connectivity index (χ1) is 14.2. The molecule has 1 aliphatic rings. The van der Waals surface area contributed by atoms with E-state index >= 15 is 0 Å². The van der Waals surface area contributed by atoms with Crippen LogP contribution in [0.1, 0.15) is 122 Å². The Morgan fingerprint density at radius 2 is 0.483 bits per heavy atom. The molecule has 4 heteroatoms. The molecule has 1 fully saturated rings. The van der Waals surface area contributed by atoms with Gasteiger partial charge < -0.3 is 20.4 Å². The lowest BCUT2D eigenvalue weighted by Crippen LogP contribution is -2.52. The van der Waals surface area contributed by atoms with Crippen LogP contribution >= 0.6 is 0 Å². The van der Waals surface area contributed by atoms with Gasteiger partial charge >= 0.3 is 0 Å². The number of hydrogen-bond donors (Lipinski definition) is 4. The molecule has 1 rings (SSSR count). The maximum atomic E-state index is 10.2. The molecule has 0 spiro atoms. The van der Waals surface area contributed by atoms with Crippen molar-refractivity contribution in [2.75, 3.05) is 26.4 Å². The Hall–Kier alpha value is -0.160. The lowest BCUT2D eigenvalue weighted by Gasteiger charge is -2.47. The number of hydrogen-bond acceptors (Lipinski definition) is 4. The molecule has 29 heavy (non-hydrogen) atoms. The maximum Gasteiger partial charge on any atom is 0.0516 e. The van der Waals surface area contributed by atoms with Crippen molar-refractivity contribution < 1.29 is 20.4 Å². The second kappa shape index (κ2) is 16.5. The molecule has 0 heterocycles. The lowest BCUT2D eigenvalue weighted by atomic mass is 9.60. The second-order valence-electron chi connectivity index (χ2n) is 9.70. The van der Waals surface area contributed by atoms with Crippen LogP contribution in [0.2, 0.25) is 0 Å². The predicted octanol–water partition coefficient (Wildman–Crippen LogP) is 5.35. The molecule has 0 unspecified atom stereocenters. The van der Waals surface area contributed by atoms with Gasteiger partial charge in [0.1, 0.15) is 0 Å². The van der Waals surface area contributed by atoms with Gasteiger partial charge in [-0.25, -0.2) is 0 Å². The molecular weight excluding hydrogens is 364 g/mol. The van der Waals surface area contributed by atoms with Crippen molar-refractivity contribution in [1.29, 1.82) is 0 Å². The topological polar surface area (TPSA) is 80.9 Å². The SMILES string of the molecule is OCC1(CO)CCCCCCCCCCCCCCCCCCCC1(CO)CO. The molecule has 1 saturated carbocycles. The van der Waals surface area contributed by atoms with Crippen LogP contribution in [0.4, 0.5) is 0 Å². The maximum absolute atomic E-state index is 10.2. The Labute approximate surface area is 180 Å². The fourth-order valence-electron chi connectivity index (χ4n) is 5.20. The van der Waals surface area contributed by atoms with Gasteiger partial charge in [0.2, 0.25) is 0 Å². The summed E-state index contributed by atoms with van der Waals surface area (Å²) in [5, 5.41) is 40.8. The quantitative estimate of drug-likeness (QED) is 0.499. The lowest BCUT2D eigenvalue weighted by molar-refractivity contribution is -0.124. The molecule has 0 atom stereocenters. The number of aliphatic hydroxyl groups is 4. The first kappa shape index (κ1) is 26.9. The van der Waals surface area contributed by atoms with Crippen LogP contribution in [-0.2, 0) is 0 Å². The highest BCUT2D eigenvalue weighted by Crippen LogP contribution is 2.46. The molecule has 4 nitrogen and oxygen atoms in total. The Bertz CT molecular complexity index is 330. The van der Waals surface area contributed by atoms with Crippen LogP contribution in [0.25, 0.3) is 0 Å². The highest BCUT2D eigenvalue weighted by atomic mass is 16.3. The van der Waals surface area contributed by atoms with Gasteiger partial charge in [-0.3, -0.25) is 0 Å². The third kappa shape index (κ3) is 9.25. The van der Waals surface area contributed by atoms with Crippen LogP contribution in [0, 0.1) is 10.8 Å². The molecule has 0 amide bonds. The Balaban J connectivity index is 2.67. The normalized spacial score (nSPS) is 24.4. The summed E-state index contributed by atoms with van der Waals surface area (Å²) in [5.74, 6) is 0. The molecule has 174 valence electrons. The third-order valence-electron chi connectivity index (χ3n) is 7.65. The average Bonchev–Trinajstić information content (AvgIpc) is 2.75. The molecule has 0 aromatic carbocycles. The van der Waals surface area contributed by atoms with Gasteiger partial charge in [0.05, 0.1) is 26.4 Å². The van der Waals surface area contributed by atoms with E-state index in [-0.39, 0.29) is 26.4 Å². The predicted molar refractivity (Wildman–Crippen MR) is 121 cm³/mol. The zero-order valence-electron chi connectivity index (χ0n) is 19.1. The summed E-state index contributed by atoms with van der Waals surface area (Å²) in [6, 6.07) is 0. The van der Waals surface area contributed by atoms with E-state index in [2.05, 4.69) is 0 Å². The van der Waals surface area contributed by atoms with Crippen LogP contribution in [-0.4, -0.2) is 46.9 Å². The Morgan fingerprint density at radius 1 is 0.310 bits per heavy atom. The molecule has 0 aliphatic heterocycles. The van der Waals surface area contributed by atoms with E-state index in [9.17, 15) is 20.4 Å². The van der Waals surface area contributed by atoms with E-state index in [1.807, 2.05) is 0 Å². The van der Waals surface area contributed by atoms with Crippen molar-refractivity contribution >= 4 is 0 Å². The largest absolute Gasteiger partial charge is 0.396 e. The van der Waals surface area contributed by atoms with E-state index < -0.39 is 10.8 Å². The van der Waals surface area contributed by atoms with Crippen molar-refractivity contribution in [2.24, 2.45) is 10.8 Å². The monoisotopic (exact) mass is 414 g/mol. The zero-order valence-corrected chi connectivity index (χ0v) is 19.1. The molecule has 0 radical (unpaired) electrons. The minimum Gasteiger partial charge on any atom is -0.396 e. The van der Waals surface area contributed by atoms with Gasteiger partial charge in [-0.15, -0.1) is 0 Å². The van der Waals surface area contributed by atoms with Crippen LogP contribution in [0.15, 0.2) is 0 Å². The van der Waals surface area contributed by atoms with Crippen LogP contribution in [0.3, 0.4) is 0 Å². The minimum absolute atomic E-state index is 0.176. The number of rotatable bonds is 4. The standard InChI is InChI=1S/C25H50O4/c26-20-24(21-27)18-16-14-12-10-8-6-4-2-1-3-5-7-9-11-13-15-17-19-25(24,22-28)23-29/h26-29H,1-23H2. The van der Waals surface area contributed by atoms with Crippen molar-refractivity contribution in [3.05, 3.63) is 0 Å². The fraction of sp³-hybridized carbons (Fsp3) is 1.00. The van der Waals surface area contributed by atoms with Crippen LogP contribution < -0.4 is 0 Å². The van der Waals surface area contributed by atoms with E-state index in [0.29, 0.717) is 12.8 Å². The first-order valence-electron chi connectivity index (χ1n) is 12.6. The summed E-state index contributed by atoms with van der Waals surface area (Å²) in [4.78, 5) is 0. The Kier molecular flexibility index (Phi) is 15.3. The van der Waals surface area contributed by atoms with Gasteiger partial charge in [-0.05, 0) is 12.8 Å². The molecule has 0 bridgehead atoms. The van der Waals surface area contributed by atoms with Gasteiger partial charge in [-0.1, -0.05) is 109 Å². The van der Waals surface area contributed by atoms with E-state index in [0.717, 1.165) is 25.7 Å². The summed E-state index contributed by atoms with van der Waals surface area (Å²) in [6.07, 6.45) is 22.5. The average molecular weight is 415 g/mol. The molecule has 4 N–H and O–H groups in total. The fourth-order valence-corrected chi connectivity index (χ4v) is 5.20. The van der Waals surface area contributed by atoms with Gasteiger partial charge in [0.25, 0.3) is 0 Å². The first-order valence-corrected chi connectivity index (χ1v) is 12.6. The van der Waals surface area contributed by atoms with Gasteiger partial charge in [0.15, 0.2) is 0 Å². The van der Waals surface area contributed by atoms with Crippen molar-refractivity contribution in [3.8, 4) is 0 Å². The van der Waals surface area contributed by atoms with E-state index in [1.54, 1.807) is 0 Å². The van der Waals surface area contributed by atoms with Crippen molar-refractivity contribution in [1.82, 2.24) is 0 Å². The van der Waals surface area contributed by atoms with Gasteiger partial charge in [-0.2, -0.15) is 0 Å². The molecular formula is C25H50O4. The molecule has 0 saturated heterocycles. The second-order valence-corrected chi connectivity index (χ2v) is 9.70. The summed E-state index contributed by atoms with van der Waals surface area (Å²) in [5.41, 5.74) is -1.59.